The topological polar surface area (TPSA) is 19.4 Å². The van der Waals surface area contributed by atoms with Gasteiger partial charge in [-0.3, -0.25) is 0 Å². The third-order valence-electron chi connectivity index (χ3n) is 29.6. The molecule has 5 nitrogen and oxygen atoms in total. The molecule has 0 N–H and O–H groups in total. The number of hydrogen-bond donors (Lipinski definition) is 0. The predicted molar refractivity (Wildman–Crippen MR) is 553 cm³/mol. The average molecular weight is 1730 g/mol. The molecule has 0 aliphatic heterocycles. The Labute approximate surface area is 785 Å². The third kappa shape index (κ3) is 17.4. The van der Waals surface area contributed by atoms with E-state index < -0.39 is 0 Å². The van der Waals surface area contributed by atoms with Gasteiger partial charge in [-0.05, 0) is 336 Å². The highest BCUT2D eigenvalue weighted by Crippen LogP contribution is 2.50. The van der Waals surface area contributed by atoms with Crippen molar-refractivity contribution in [2.45, 2.75) is 241 Å². The maximum atomic E-state index is 2.45. The zero-order chi connectivity index (χ0) is 93.6. The first-order valence-electron chi connectivity index (χ1n) is 48.5. The van der Waals surface area contributed by atoms with Gasteiger partial charge in [-0.15, -0.1) is 0 Å². The van der Waals surface area contributed by atoms with Crippen LogP contribution in [0.25, 0.3) is 112 Å². The summed E-state index contributed by atoms with van der Waals surface area (Å²) in [6.45, 7) is 56.4. The second-order valence-corrected chi connectivity index (χ2v) is 41.2. The molecular weight excluding hydrogens is 1580 g/mol. The number of aryl methyl sites for hydroxylation is 18. The van der Waals surface area contributed by atoms with E-state index in [1.54, 1.807) is 0 Å². The number of nitrogens with zero attached hydrogens (tertiary/aromatic N) is 5. The number of pyridine rings is 5. The highest BCUT2D eigenvalue weighted by atomic mass is 14.9. The van der Waals surface area contributed by atoms with Gasteiger partial charge in [0.05, 0.1) is 27.8 Å². The van der Waals surface area contributed by atoms with Crippen LogP contribution in [0, 0.1) is 90.0 Å². The van der Waals surface area contributed by atoms with Crippen LogP contribution in [-0.2, 0) is 67.3 Å². The van der Waals surface area contributed by atoms with Crippen molar-refractivity contribution in [3.8, 4) is 112 Å². The lowest BCUT2D eigenvalue weighted by atomic mass is 9.88. The van der Waals surface area contributed by atoms with E-state index in [2.05, 4.69) is 450 Å². The van der Waals surface area contributed by atoms with E-state index in [0.717, 1.165) is 32.1 Å². The fourth-order valence-electron chi connectivity index (χ4n) is 22.7. The first-order chi connectivity index (χ1) is 62.4. The van der Waals surface area contributed by atoms with Crippen molar-refractivity contribution < 1.29 is 22.8 Å². The Hall–Kier alpha value is -12.1. The van der Waals surface area contributed by atoms with Crippen molar-refractivity contribution in [1.82, 2.24) is 0 Å². The van der Waals surface area contributed by atoms with Crippen LogP contribution in [0.5, 0.6) is 0 Å². The van der Waals surface area contributed by atoms with Crippen molar-refractivity contribution in [2.75, 3.05) is 0 Å². The SMILES string of the molecule is Cc1cc(-c2c(C)ccc3c2Cc2c(C)cccc2-3)[n+](C)cc1C(C)C.Cc1cc(-c2c(C)ccc3c2Cc2cccc(C)c2-3)[n+](C)cc1C(C)C.Cc1ccc2c(c1)-c1ccc(C)c(-c3cc(C)c(C(C)C)c[n+]3C)c1C2.Cc1ccc2c(c1)Cc1c-2ccc(C)c1-c1cc(C)c(C(C)C)c[n+]1C.Cc1ccc2c(c1-c1cc(C(C)C)c(C(C)C)c[n+]1C)Cc1ccccc1-2. The van der Waals surface area contributed by atoms with Gasteiger partial charge in [0.2, 0.25) is 28.5 Å². The van der Waals surface area contributed by atoms with Crippen molar-refractivity contribution in [2.24, 2.45) is 35.2 Å². The second kappa shape index (κ2) is 36.9. The minimum atomic E-state index is 0.525. The minimum absolute atomic E-state index is 0.525. The molecule has 0 fully saturated rings. The molecule has 5 aromatic heterocycles. The van der Waals surface area contributed by atoms with Crippen LogP contribution in [0.3, 0.4) is 0 Å². The van der Waals surface area contributed by atoms with Crippen molar-refractivity contribution in [1.29, 1.82) is 0 Å². The standard InChI is InChI=1S/C26H30N.4C25H28N/c1-16(2)22-14-25(27(6)15-24(22)17(3)4)26-18(5)11-12-21-20-10-8-7-9-19(20)13-23(21)26;1-15(2)23-14-26(6)24(12-18(23)5)25-17(4)8-10-21-20-9-7-16(3)11-19(20)13-22(21)25;1-15(2)23-14-26(6)24(12-18(23)5)25-17(4)8-10-20-21-11-16(3)7-9-19(21)13-22(20)25;1-15(2)23-14-26(6)24(12-18(23)5)25-17(4)10-11-20-19-9-7-8-16(3)21(19)13-22(20)25;1-15(2)22-14-26(6)23(12-18(22)5)25-17(4)10-11-20-21(25)13-19-9-7-8-16(3)24(19)20/h7-12,14-17H,13H2,1-6H3;4*7-12,14-15H,13H2,1-6H3/q5*+1. The van der Waals surface area contributed by atoms with E-state index >= 15 is 0 Å². The van der Waals surface area contributed by atoms with E-state index in [0.29, 0.717) is 35.5 Å². The molecule has 0 bridgehead atoms. The van der Waals surface area contributed by atoms with Crippen LogP contribution in [0.15, 0.2) is 219 Å². The van der Waals surface area contributed by atoms with Crippen molar-refractivity contribution >= 4 is 0 Å². The van der Waals surface area contributed by atoms with Gasteiger partial charge in [-0.25, -0.2) is 22.8 Å². The van der Waals surface area contributed by atoms with Crippen LogP contribution in [-0.4, -0.2) is 0 Å². The van der Waals surface area contributed by atoms with Crippen molar-refractivity contribution in [3.63, 3.8) is 0 Å². The normalized spacial score (nSPS) is 12.5. The number of rotatable bonds is 11. The summed E-state index contributed by atoms with van der Waals surface area (Å²) in [5, 5.41) is 0. The van der Waals surface area contributed by atoms with Gasteiger partial charge in [0, 0.05) is 58.1 Å². The average Bonchev–Trinajstić information content (AvgIpc) is 1.62. The molecule has 0 amide bonds. The smallest absolute Gasteiger partial charge is 0.201 e. The zero-order valence-corrected chi connectivity index (χ0v) is 84.5. The minimum Gasteiger partial charge on any atom is -0.201 e. The summed E-state index contributed by atoms with van der Waals surface area (Å²) in [4.78, 5) is 0. The maximum absolute atomic E-state index is 2.45. The first kappa shape index (κ1) is 92.2. The first-order valence-corrected chi connectivity index (χ1v) is 48.5. The molecule has 0 atom stereocenters. The molecule has 0 spiro atoms. The van der Waals surface area contributed by atoms with Gasteiger partial charge >= 0.3 is 0 Å². The molecule has 10 aromatic carbocycles. The van der Waals surface area contributed by atoms with Gasteiger partial charge in [-0.1, -0.05) is 252 Å². The molecular formula is C126H142N5+5. The van der Waals surface area contributed by atoms with E-state index in [1.807, 2.05) is 0 Å². The molecule has 0 radical (unpaired) electrons. The summed E-state index contributed by atoms with van der Waals surface area (Å²) in [6.07, 6.45) is 16.8. The summed E-state index contributed by atoms with van der Waals surface area (Å²) in [5.74, 6) is 3.25. The van der Waals surface area contributed by atoms with Crippen LogP contribution >= 0.6 is 0 Å². The molecule has 0 saturated heterocycles. The van der Waals surface area contributed by atoms with Gasteiger partial charge in [0.15, 0.2) is 31.0 Å². The lowest BCUT2D eigenvalue weighted by Gasteiger charge is -2.17. The van der Waals surface area contributed by atoms with E-state index in [9.17, 15) is 0 Å². The molecule has 5 heteroatoms. The predicted octanol–water partition coefficient (Wildman–Crippen LogP) is 29.5. The number of fused-ring (bicyclic) bond motifs is 15. The Bertz CT molecular complexity index is 7070. The Kier molecular flexibility index (Phi) is 26.0. The molecule has 5 aliphatic rings. The Balaban J connectivity index is 0.000000120. The molecule has 15 aromatic rings. The highest BCUT2D eigenvalue weighted by Gasteiger charge is 2.35. The molecule has 131 heavy (non-hydrogen) atoms. The lowest BCUT2D eigenvalue weighted by Crippen LogP contribution is -2.33. The summed E-state index contributed by atoms with van der Waals surface area (Å²) < 4.78 is 11.6. The Morgan fingerprint density at radius 2 is 0.466 bits per heavy atom. The van der Waals surface area contributed by atoms with Crippen LogP contribution in [0.1, 0.15) is 280 Å². The summed E-state index contributed by atoms with van der Waals surface area (Å²) in [5.41, 5.74) is 69.1. The molecule has 666 valence electrons. The molecule has 0 unspecified atom stereocenters. The Morgan fingerprint density at radius 1 is 0.183 bits per heavy atom. The number of hydrogen-bond acceptors (Lipinski definition) is 0. The second-order valence-electron chi connectivity index (χ2n) is 41.2. The van der Waals surface area contributed by atoms with E-state index in [-0.39, 0.29) is 0 Å². The maximum Gasteiger partial charge on any atom is 0.213 e. The Morgan fingerprint density at radius 3 is 0.901 bits per heavy atom. The van der Waals surface area contributed by atoms with Gasteiger partial charge in [0.1, 0.15) is 35.2 Å². The fraction of sp³-hybridized carbons (Fsp3) is 0.325. The molecule has 5 heterocycles. The summed E-state index contributed by atoms with van der Waals surface area (Å²) in [7, 11) is 10.9. The summed E-state index contributed by atoms with van der Waals surface area (Å²) in [6, 6.07) is 71.0. The van der Waals surface area contributed by atoms with Gasteiger partial charge < -0.3 is 0 Å². The number of aromatic nitrogens is 5. The van der Waals surface area contributed by atoms with Gasteiger partial charge in [0.25, 0.3) is 0 Å². The van der Waals surface area contributed by atoms with Crippen LogP contribution < -0.4 is 22.8 Å². The third-order valence-corrected chi connectivity index (χ3v) is 29.6. The summed E-state index contributed by atoms with van der Waals surface area (Å²) >= 11 is 0. The number of benzene rings is 10. The monoisotopic (exact) mass is 1730 g/mol. The fourth-order valence-corrected chi connectivity index (χ4v) is 22.7. The molecule has 0 saturated carbocycles. The van der Waals surface area contributed by atoms with E-state index in [4.69, 9.17) is 0 Å². The van der Waals surface area contributed by atoms with Crippen LogP contribution in [0.2, 0.25) is 0 Å². The molecule has 20 rings (SSSR count). The lowest BCUT2D eigenvalue weighted by molar-refractivity contribution is -0.661. The largest absolute Gasteiger partial charge is 0.213 e. The highest BCUT2D eigenvalue weighted by molar-refractivity contribution is 5.91. The van der Waals surface area contributed by atoms with Crippen molar-refractivity contribution in [3.05, 3.63) is 380 Å². The quantitative estimate of drug-likeness (QED) is 0.115. The molecule has 5 aliphatic carbocycles. The van der Waals surface area contributed by atoms with E-state index in [1.165, 1.54) is 273 Å². The van der Waals surface area contributed by atoms with Gasteiger partial charge in [-0.2, -0.15) is 0 Å². The van der Waals surface area contributed by atoms with Crippen LogP contribution in [0.4, 0.5) is 0 Å². The zero-order valence-electron chi connectivity index (χ0n) is 84.5.